The van der Waals surface area contributed by atoms with Crippen LogP contribution in [0.15, 0.2) is 40.9 Å². The monoisotopic (exact) mass is 512 g/mol. The lowest BCUT2D eigenvalue weighted by Crippen LogP contribution is -2.40. The summed E-state index contributed by atoms with van der Waals surface area (Å²) in [4.78, 5) is 19.9. The molecule has 1 N–H and O–H groups in total. The third-order valence-corrected chi connectivity index (χ3v) is 6.74. The lowest BCUT2D eigenvalue weighted by molar-refractivity contribution is -0.121. The number of methoxy groups -OCH3 is 2. The van der Waals surface area contributed by atoms with Crippen molar-refractivity contribution in [1.29, 1.82) is 0 Å². The van der Waals surface area contributed by atoms with Gasteiger partial charge in [-0.15, -0.1) is 0 Å². The second kappa shape index (κ2) is 10.9. The van der Waals surface area contributed by atoms with Gasteiger partial charge in [-0.3, -0.25) is 9.69 Å². The number of nitrogens with one attached hydrogen (secondary N) is 1. The fourth-order valence-corrected chi connectivity index (χ4v) is 4.58. The van der Waals surface area contributed by atoms with Gasteiger partial charge >= 0.3 is 0 Å². The van der Waals surface area contributed by atoms with Crippen LogP contribution >= 0.6 is 11.6 Å². The van der Waals surface area contributed by atoms with Crippen molar-refractivity contribution in [3.8, 4) is 22.9 Å². The van der Waals surface area contributed by atoms with E-state index in [0.717, 1.165) is 24.9 Å². The lowest BCUT2D eigenvalue weighted by Gasteiger charge is -2.31. The maximum atomic E-state index is 13.1. The molecule has 1 atom stereocenters. The first kappa shape index (κ1) is 26.0. The highest BCUT2D eigenvalue weighted by molar-refractivity contribution is 6.32. The normalized spacial score (nSPS) is 16.6. The number of anilines is 1. The average Bonchev–Trinajstić information content (AvgIpc) is 3.33. The highest BCUT2D eigenvalue weighted by Gasteiger charge is 2.28. The molecule has 2 heterocycles. The van der Waals surface area contributed by atoms with Crippen molar-refractivity contribution in [1.82, 2.24) is 15.0 Å². The molecule has 4 rings (SSSR count). The van der Waals surface area contributed by atoms with Crippen LogP contribution in [0.2, 0.25) is 5.02 Å². The summed E-state index contributed by atoms with van der Waals surface area (Å²) in [6.45, 7) is 8.50. The first-order valence-electron chi connectivity index (χ1n) is 12.1. The van der Waals surface area contributed by atoms with Crippen molar-refractivity contribution < 1.29 is 18.8 Å². The summed E-state index contributed by atoms with van der Waals surface area (Å²) < 4.78 is 16.2. The molecule has 0 spiro atoms. The maximum Gasteiger partial charge on any atom is 0.241 e. The van der Waals surface area contributed by atoms with E-state index in [2.05, 4.69) is 53.3 Å². The summed E-state index contributed by atoms with van der Waals surface area (Å²) in [5, 5.41) is 7.56. The van der Waals surface area contributed by atoms with E-state index in [1.165, 1.54) is 19.8 Å². The zero-order valence-corrected chi connectivity index (χ0v) is 22.2. The summed E-state index contributed by atoms with van der Waals surface area (Å²) in [6.07, 6.45) is 1.69. The van der Waals surface area contributed by atoms with Gasteiger partial charge in [-0.25, -0.2) is 0 Å². The number of nitrogens with zero attached hydrogens (tertiary/aromatic N) is 3. The van der Waals surface area contributed by atoms with Crippen molar-refractivity contribution in [3.63, 3.8) is 0 Å². The fraction of sp³-hybridized carbons (Fsp3) is 0.444. The number of halogens is 1. The van der Waals surface area contributed by atoms with Crippen LogP contribution in [0.3, 0.4) is 0 Å². The van der Waals surface area contributed by atoms with Crippen LogP contribution in [0, 0.1) is 5.92 Å². The Morgan fingerprint density at radius 2 is 1.89 bits per heavy atom. The van der Waals surface area contributed by atoms with Gasteiger partial charge in [0.1, 0.15) is 11.5 Å². The highest BCUT2D eigenvalue weighted by atomic mass is 35.5. The molecule has 1 aliphatic rings. The summed E-state index contributed by atoms with van der Waals surface area (Å²) in [5.41, 5.74) is 2.78. The number of ether oxygens (including phenoxy) is 2. The number of likely N-dealkylation sites (tertiary alicyclic amines) is 1. The number of aromatic nitrogens is 2. The number of rotatable bonds is 7. The maximum absolute atomic E-state index is 13.1. The van der Waals surface area contributed by atoms with Gasteiger partial charge < -0.3 is 19.3 Å². The number of hydrogen-bond acceptors (Lipinski definition) is 7. The van der Waals surface area contributed by atoms with E-state index >= 15 is 0 Å². The third kappa shape index (κ3) is 5.99. The molecule has 0 saturated carbocycles. The van der Waals surface area contributed by atoms with Gasteiger partial charge in [0, 0.05) is 24.2 Å². The van der Waals surface area contributed by atoms with Crippen molar-refractivity contribution in [2.75, 3.05) is 32.6 Å². The second-order valence-electron chi connectivity index (χ2n) is 10.1. The van der Waals surface area contributed by atoms with E-state index in [4.69, 9.17) is 25.6 Å². The van der Waals surface area contributed by atoms with Crippen molar-refractivity contribution in [2.24, 2.45) is 5.92 Å². The van der Waals surface area contributed by atoms with E-state index in [9.17, 15) is 4.79 Å². The van der Waals surface area contributed by atoms with Crippen LogP contribution in [-0.4, -0.2) is 48.3 Å². The zero-order valence-electron chi connectivity index (χ0n) is 21.4. The number of carbonyl (C=O) groups is 1. The number of amides is 1. The smallest absolute Gasteiger partial charge is 0.241 e. The van der Waals surface area contributed by atoms with Crippen LogP contribution < -0.4 is 14.8 Å². The molecule has 1 aliphatic heterocycles. The Morgan fingerprint density at radius 1 is 1.17 bits per heavy atom. The summed E-state index contributed by atoms with van der Waals surface area (Å²) >= 11 is 6.18. The van der Waals surface area contributed by atoms with E-state index < -0.39 is 0 Å². The van der Waals surface area contributed by atoms with Gasteiger partial charge in [0.25, 0.3) is 0 Å². The van der Waals surface area contributed by atoms with Crippen molar-refractivity contribution in [3.05, 3.63) is 52.9 Å². The molecule has 2 aromatic carbocycles. The molecule has 0 aliphatic carbocycles. The van der Waals surface area contributed by atoms with Crippen LogP contribution in [0.1, 0.15) is 45.1 Å². The first-order valence-corrected chi connectivity index (χ1v) is 12.4. The van der Waals surface area contributed by atoms with Gasteiger partial charge in [0.15, 0.2) is 0 Å². The second-order valence-corrected chi connectivity index (χ2v) is 10.5. The molecule has 1 unspecified atom stereocenters. The van der Waals surface area contributed by atoms with Crippen LogP contribution in [0.25, 0.3) is 11.4 Å². The molecular weight excluding hydrogens is 480 g/mol. The quantitative estimate of drug-likeness (QED) is 0.443. The SMILES string of the molecule is COc1cc(NC(=O)C2CCCN(Cc3nc(-c4ccc(C(C)(C)C)cc4)no3)C2)c(OC)cc1Cl. The summed E-state index contributed by atoms with van der Waals surface area (Å²) in [7, 11) is 3.07. The van der Waals surface area contributed by atoms with E-state index in [-0.39, 0.29) is 17.2 Å². The minimum Gasteiger partial charge on any atom is -0.495 e. The fourth-order valence-electron chi connectivity index (χ4n) is 4.35. The van der Waals surface area contributed by atoms with E-state index in [1.807, 2.05) is 12.1 Å². The molecular formula is C27H33ClN4O4. The molecule has 0 radical (unpaired) electrons. The van der Waals surface area contributed by atoms with Gasteiger partial charge in [-0.1, -0.05) is 61.8 Å². The molecule has 9 heteroatoms. The summed E-state index contributed by atoms with van der Waals surface area (Å²) in [6, 6.07) is 11.6. The number of benzene rings is 2. The summed E-state index contributed by atoms with van der Waals surface area (Å²) in [5.74, 6) is 1.80. The molecule has 1 aromatic heterocycles. The van der Waals surface area contributed by atoms with Gasteiger partial charge in [-0.2, -0.15) is 4.98 Å². The molecule has 1 saturated heterocycles. The van der Waals surface area contributed by atoms with Crippen molar-refractivity contribution in [2.45, 2.75) is 45.6 Å². The van der Waals surface area contributed by atoms with Crippen molar-refractivity contribution >= 4 is 23.2 Å². The standard InChI is InChI=1S/C27H33ClN4O4/c1-27(2,3)19-10-8-17(9-11-19)25-30-24(36-31-25)16-32-12-6-7-18(15-32)26(33)29-21-14-22(34-4)20(28)13-23(21)35-5/h8-11,13-14,18H,6-7,12,15-16H2,1-5H3,(H,29,33). The van der Waals surface area contributed by atoms with Crippen LogP contribution in [-0.2, 0) is 16.8 Å². The Bertz CT molecular complexity index is 1200. The Hall–Kier alpha value is -3.10. The zero-order chi connectivity index (χ0) is 25.9. The average molecular weight is 513 g/mol. The minimum atomic E-state index is -0.183. The molecule has 3 aromatic rings. The Labute approximate surface area is 216 Å². The number of carbonyl (C=O) groups excluding carboxylic acids is 1. The number of piperidine rings is 1. The predicted octanol–water partition coefficient (Wildman–Crippen LogP) is 5.56. The topological polar surface area (TPSA) is 89.7 Å². The van der Waals surface area contributed by atoms with E-state index in [1.54, 1.807) is 12.1 Å². The first-order chi connectivity index (χ1) is 17.2. The molecule has 1 amide bonds. The highest BCUT2D eigenvalue weighted by Crippen LogP contribution is 2.36. The molecule has 192 valence electrons. The van der Waals surface area contributed by atoms with Gasteiger partial charge in [0.05, 0.1) is 37.4 Å². The third-order valence-electron chi connectivity index (χ3n) is 6.44. The van der Waals surface area contributed by atoms with Gasteiger partial charge in [-0.05, 0) is 30.4 Å². The molecule has 0 bridgehead atoms. The Balaban J connectivity index is 1.39. The molecule has 8 nitrogen and oxygen atoms in total. The largest absolute Gasteiger partial charge is 0.495 e. The van der Waals surface area contributed by atoms with Crippen LogP contribution in [0.4, 0.5) is 5.69 Å². The molecule has 1 fully saturated rings. The Kier molecular flexibility index (Phi) is 7.85. The molecule has 36 heavy (non-hydrogen) atoms. The van der Waals surface area contributed by atoms with E-state index in [0.29, 0.717) is 47.0 Å². The predicted molar refractivity (Wildman–Crippen MR) is 140 cm³/mol. The number of hydrogen-bond donors (Lipinski definition) is 1. The van der Waals surface area contributed by atoms with Crippen LogP contribution in [0.5, 0.6) is 11.5 Å². The lowest BCUT2D eigenvalue weighted by atomic mass is 9.87. The van der Waals surface area contributed by atoms with Gasteiger partial charge in [0.2, 0.25) is 17.6 Å². The minimum absolute atomic E-state index is 0.0764. The Morgan fingerprint density at radius 3 is 2.56 bits per heavy atom.